The van der Waals surface area contributed by atoms with E-state index in [0.717, 1.165) is 12.2 Å². The van der Waals surface area contributed by atoms with Gasteiger partial charge in [-0.25, -0.2) is 4.98 Å². The molecule has 0 radical (unpaired) electrons. The van der Waals surface area contributed by atoms with Crippen molar-refractivity contribution >= 4 is 5.91 Å². The first-order chi connectivity index (χ1) is 9.24. The number of hydrogen-bond acceptors (Lipinski definition) is 4. The number of carbonyl (C=O) groups excluding carboxylic acids is 1. The zero-order valence-corrected chi connectivity index (χ0v) is 11.5. The molecule has 0 N–H and O–H groups in total. The Hall–Kier alpha value is -1.40. The van der Waals surface area contributed by atoms with Gasteiger partial charge in [0.1, 0.15) is 6.61 Å². The van der Waals surface area contributed by atoms with Crippen LogP contribution in [-0.2, 0) is 27.4 Å². The van der Waals surface area contributed by atoms with Crippen molar-refractivity contribution in [3.05, 3.63) is 18.2 Å². The summed E-state index contributed by atoms with van der Waals surface area (Å²) < 4.78 is 12.5. The van der Waals surface area contributed by atoms with Gasteiger partial charge in [-0.05, 0) is 6.92 Å². The van der Waals surface area contributed by atoms with Gasteiger partial charge >= 0.3 is 0 Å². The number of amides is 1. The highest BCUT2D eigenvalue weighted by Crippen LogP contribution is 2.16. The molecule has 6 heteroatoms. The molecular weight excluding hydrogens is 246 g/mol. The van der Waals surface area contributed by atoms with Crippen LogP contribution in [0.5, 0.6) is 0 Å². The molecular formula is C13H21N3O3. The van der Waals surface area contributed by atoms with E-state index in [0.29, 0.717) is 26.3 Å². The lowest BCUT2D eigenvalue weighted by Crippen LogP contribution is -2.37. The molecule has 1 aliphatic rings. The van der Waals surface area contributed by atoms with Crippen molar-refractivity contribution in [2.24, 2.45) is 5.92 Å². The second-order valence-corrected chi connectivity index (χ2v) is 4.77. The third-order valence-electron chi connectivity index (χ3n) is 3.27. The summed E-state index contributed by atoms with van der Waals surface area (Å²) >= 11 is 0. The maximum Gasteiger partial charge on any atom is 0.248 e. The van der Waals surface area contributed by atoms with E-state index in [1.54, 1.807) is 7.11 Å². The van der Waals surface area contributed by atoms with Crippen LogP contribution in [0.25, 0.3) is 0 Å². The van der Waals surface area contributed by atoms with Gasteiger partial charge in [0.05, 0.1) is 25.2 Å². The number of nitrogens with zero attached hydrogens (tertiary/aromatic N) is 3. The fourth-order valence-electron chi connectivity index (χ4n) is 2.36. The molecule has 2 heterocycles. The minimum Gasteiger partial charge on any atom is -0.384 e. The maximum absolute atomic E-state index is 12.1. The van der Waals surface area contributed by atoms with E-state index in [-0.39, 0.29) is 18.4 Å². The molecule has 0 unspecified atom stereocenters. The predicted molar refractivity (Wildman–Crippen MR) is 69.5 cm³/mol. The molecule has 106 valence electrons. The Balaban J connectivity index is 2.08. The maximum atomic E-state index is 12.1. The zero-order valence-electron chi connectivity index (χ0n) is 11.5. The zero-order chi connectivity index (χ0) is 13.7. The smallest absolute Gasteiger partial charge is 0.248 e. The van der Waals surface area contributed by atoms with Crippen molar-refractivity contribution in [2.45, 2.75) is 20.0 Å². The number of methoxy groups -OCH3 is 1. The summed E-state index contributed by atoms with van der Waals surface area (Å²) in [6, 6.07) is 0. The fraction of sp³-hybridized carbons (Fsp3) is 0.692. The highest BCUT2D eigenvalue weighted by Gasteiger charge is 2.25. The van der Waals surface area contributed by atoms with Crippen molar-refractivity contribution in [1.29, 1.82) is 0 Å². The van der Waals surface area contributed by atoms with Crippen LogP contribution in [0.4, 0.5) is 0 Å². The normalized spacial score (nSPS) is 19.1. The lowest BCUT2D eigenvalue weighted by atomic mass is 10.1. The third kappa shape index (κ3) is 3.54. The van der Waals surface area contributed by atoms with Gasteiger partial charge in [-0.15, -0.1) is 0 Å². The van der Waals surface area contributed by atoms with Crippen molar-refractivity contribution < 1.29 is 14.3 Å². The van der Waals surface area contributed by atoms with Gasteiger partial charge in [-0.3, -0.25) is 4.79 Å². The molecule has 0 spiro atoms. The Kier molecular flexibility index (Phi) is 4.93. The minimum atomic E-state index is 0.0256. The molecule has 1 aromatic heterocycles. The van der Waals surface area contributed by atoms with Crippen LogP contribution in [-0.4, -0.2) is 53.8 Å². The highest BCUT2D eigenvalue weighted by molar-refractivity contribution is 5.77. The van der Waals surface area contributed by atoms with Gasteiger partial charge in [0.15, 0.2) is 0 Å². The standard InChI is InChI=1S/C13H21N3O3/c1-3-19-9-13(17)15-5-11(8-18-2)6-16-10-14-4-12(16)7-15/h4,10-11H,3,5-9H2,1-2H3/t11-/m1/s1. The molecule has 0 aromatic carbocycles. The number of rotatable bonds is 5. The van der Waals surface area contributed by atoms with E-state index in [9.17, 15) is 4.79 Å². The van der Waals surface area contributed by atoms with Gasteiger partial charge in [-0.2, -0.15) is 0 Å². The summed E-state index contributed by atoms with van der Waals surface area (Å²) in [7, 11) is 1.69. The van der Waals surface area contributed by atoms with Gasteiger partial charge in [-0.1, -0.05) is 0 Å². The van der Waals surface area contributed by atoms with E-state index in [1.165, 1.54) is 0 Å². The van der Waals surface area contributed by atoms with Crippen molar-refractivity contribution in [1.82, 2.24) is 14.5 Å². The Morgan fingerprint density at radius 1 is 1.53 bits per heavy atom. The molecule has 1 aliphatic heterocycles. The Labute approximate surface area is 113 Å². The topological polar surface area (TPSA) is 56.6 Å². The van der Waals surface area contributed by atoms with Crippen LogP contribution in [0, 0.1) is 5.92 Å². The summed E-state index contributed by atoms with van der Waals surface area (Å²) in [5.74, 6) is 0.309. The molecule has 0 bridgehead atoms. The van der Waals surface area contributed by atoms with Crippen LogP contribution >= 0.6 is 0 Å². The SMILES string of the molecule is CCOCC(=O)N1Cc2cncn2C[C@H](COC)C1. The summed E-state index contributed by atoms with van der Waals surface area (Å²) in [4.78, 5) is 18.1. The molecule has 6 nitrogen and oxygen atoms in total. The van der Waals surface area contributed by atoms with Crippen LogP contribution in [0.2, 0.25) is 0 Å². The summed E-state index contributed by atoms with van der Waals surface area (Å²) in [6.45, 7) is 5.34. The Morgan fingerprint density at radius 2 is 2.37 bits per heavy atom. The first kappa shape index (κ1) is 14.0. The van der Waals surface area contributed by atoms with Crippen molar-refractivity contribution in [3.8, 4) is 0 Å². The van der Waals surface area contributed by atoms with Crippen molar-refractivity contribution in [2.75, 3.05) is 33.5 Å². The number of fused-ring (bicyclic) bond motifs is 1. The highest BCUT2D eigenvalue weighted by atomic mass is 16.5. The van der Waals surface area contributed by atoms with Crippen molar-refractivity contribution in [3.63, 3.8) is 0 Å². The van der Waals surface area contributed by atoms with Crippen LogP contribution < -0.4 is 0 Å². The van der Waals surface area contributed by atoms with E-state index < -0.39 is 0 Å². The molecule has 0 aliphatic carbocycles. The van der Waals surface area contributed by atoms with Gasteiger partial charge in [0, 0.05) is 38.9 Å². The van der Waals surface area contributed by atoms with E-state index in [4.69, 9.17) is 9.47 Å². The number of imidazole rings is 1. The first-order valence-electron chi connectivity index (χ1n) is 6.58. The summed E-state index contributed by atoms with van der Waals surface area (Å²) in [6.07, 6.45) is 3.63. The monoisotopic (exact) mass is 267 g/mol. The van der Waals surface area contributed by atoms with Gasteiger partial charge in [0.2, 0.25) is 5.91 Å². The largest absolute Gasteiger partial charge is 0.384 e. The van der Waals surface area contributed by atoms with E-state index in [2.05, 4.69) is 9.55 Å². The second kappa shape index (κ2) is 6.68. The Bertz CT molecular complexity index is 419. The second-order valence-electron chi connectivity index (χ2n) is 4.77. The minimum absolute atomic E-state index is 0.0256. The molecule has 1 amide bonds. The third-order valence-corrected chi connectivity index (χ3v) is 3.27. The summed E-state index contributed by atoms with van der Waals surface area (Å²) in [5.41, 5.74) is 1.06. The van der Waals surface area contributed by atoms with E-state index in [1.807, 2.05) is 24.3 Å². The van der Waals surface area contributed by atoms with Gasteiger partial charge in [0.25, 0.3) is 0 Å². The van der Waals surface area contributed by atoms with Crippen LogP contribution in [0.1, 0.15) is 12.6 Å². The van der Waals surface area contributed by atoms with Gasteiger partial charge < -0.3 is 18.9 Å². The summed E-state index contributed by atoms with van der Waals surface area (Å²) in [5, 5.41) is 0. The molecule has 19 heavy (non-hydrogen) atoms. The number of ether oxygens (including phenoxy) is 2. The molecule has 0 saturated heterocycles. The number of carbonyl (C=O) groups is 1. The first-order valence-corrected chi connectivity index (χ1v) is 6.58. The lowest BCUT2D eigenvalue weighted by Gasteiger charge is -2.23. The molecule has 2 rings (SSSR count). The van der Waals surface area contributed by atoms with Crippen LogP contribution in [0.15, 0.2) is 12.5 Å². The average molecular weight is 267 g/mol. The molecule has 1 aromatic rings. The van der Waals surface area contributed by atoms with E-state index >= 15 is 0 Å². The lowest BCUT2D eigenvalue weighted by molar-refractivity contribution is -0.137. The fourth-order valence-corrected chi connectivity index (χ4v) is 2.36. The molecule has 0 fully saturated rings. The average Bonchev–Trinajstić information content (AvgIpc) is 2.75. The predicted octanol–water partition coefficient (Wildman–Crippen LogP) is 0.524. The number of hydrogen-bond donors (Lipinski definition) is 0. The Morgan fingerprint density at radius 3 is 3.11 bits per heavy atom. The number of aromatic nitrogens is 2. The van der Waals surface area contributed by atoms with Crippen LogP contribution in [0.3, 0.4) is 0 Å². The molecule has 1 atom stereocenters. The quantitative estimate of drug-likeness (QED) is 0.780. The molecule has 0 saturated carbocycles.